The number of carboxylic acids is 1. The van der Waals surface area contributed by atoms with Crippen LogP contribution in [0.25, 0.3) is 0 Å². The molecular formula is C12H13ClFN3O4. The molecule has 0 aliphatic carbocycles. The first-order chi connectivity index (χ1) is 9.81. The number of halogens is 2. The predicted molar refractivity (Wildman–Crippen MR) is 73.4 cm³/mol. The van der Waals surface area contributed by atoms with Crippen molar-refractivity contribution in [3.63, 3.8) is 0 Å². The number of urea groups is 1. The van der Waals surface area contributed by atoms with Crippen molar-refractivity contribution in [2.75, 3.05) is 5.32 Å². The highest BCUT2D eigenvalue weighted by molar-refractivity contribution is 6.31. The number of aliphatic carboxylic acids is 1. The molecule has 9 heteroatoms. The van der Waals surface area contributed by atoms with Crippen molar-refractivity contribution in [2.24, 2.45) is 5.73 Å². The minimum atomic E-state index is -1.34. The first kappa shape index (κ1) is 16.7. The van der Waals surface area contributed by atoms with Gasteiger partial charge in [0.2, 0.25) is 5.91 Å². The van der Waals surface area contributed by atoms with E-state index in [-0.39, 0.29) is 23.6 Å². The zero-order valence-corrected chi connectivity index (χ0v) is 11.5. The monoisotopic (exact) mass is 317 g/mol. The van der Waals surface area contributed by atoms with E-state index >= 15 is 0 Å². The molecule has 7 nitrogen and oxygen atoms in total. The molecule has 0 radical (unpaired) electrons. The predicted octanol–water partition coefficient (Wildman–Crippen LogP) is 1.32. The van der Waals surface area contributed by atoms with Crippen LogP contribution in [0.4, 0.5) is 14.9 Å². The molecule has 1 atom stereocenters. The Morgan fingerprint density at radius 1 is 1.38 bits per heavy atom. The van der Waals surface area contributed by atoms with Crippen molar-refractivity contribution in [2.45, 2.75) is 18.9 Å². The quantitative estimate of drug-likeness (QED) is 0.632. The second kappa shape index (κ2) is 7.44. The van der Waals surface area contributed by atoms with Crippen molar-refractivity contribution in [1.82, 2.24) is 5.32 Å². The molecule has 0 bridgehead atoms. The largest absolute Gasteiger partial charge is 0.480 e. The molecule has 0 spiro atoms. The van der Waals surface area contributed by atoms with Crippen LogP contribution in [0.15, 0.2) is 18.2 Å². The highest BCUT2D eigenvalue weighted by Gasteiger charge is 2.21. The average molecular weight is 318 g/mol. The number of hydrogen-bond acceptors (Lipinski definition) is 3. The zero-order chi connectivity index (χ0) is 16.0. The van der Waals surface area contributed by atoms with Crippen LogP contribution < -0.4 is 16.4 Å². The number of rotatable bonds is 6. The summed E-state index contributed by atoms with van der Waals surface area (Å²) in [6.07, 6.45) is -0.376. The molecule has 0 fully saturated rings. The van der Waals surface area contributed by atoms with E-state index < -0.39 is 29.8 Å². The molecule has 1 rings (SSSR count). The Kier molecular flexibility index (Phi) is 5.92. The summed E-state index contributed by atoms with van der Waals surface area (Å²) in [6.45, 7) is 0. The van der Waals surface area contributed by atoms with E-state index in [4.69, 9.17) is 22.4 Å². The van der Waals surface area contributed by atoms with E-state index in [2.05, 4.69) is 10.6 Å². The highest BCUT2D eigenvalue weighted by Crippen LogP contribution is 2.21. The van der Waals surface area contributed by atoms with Crippen LogP contribution in [-0.4, -0.2) is 29.1 Å². The minimum Gasteiger partial charge on any atom is -0.480 e. The second-order valence-corrected chi connectivity index (χ2v) is 4.50. The molecule has 114 valence electrons. The SMILES string of the molecule is NC(=O)CC[C@@H](NC(=O)Nc1cccc(Cl)c1F)C(=O)O. The molecule has 0 aliphatic heterocycles. The van der Waals surface area contributed by atoms with Gasteiger partial charge in [-0.15, -0.1) is 0 Å². The van der Waals surface area contributed by atoms with Gasteiger partial charge in [0.25, 0.3) is 0 Å². The van der Waals surface area contributed by atoms with Crippen molar-refractivity contribution >= 4 is 35.2 Å². The highest BCUT2D eigenvalue weighted by atomic mass is 35.5. The topological polar surface area (TPSA) is 122 Å². The molecule has 5 N–H and O–H groups in total. The molecule has 3 amide bonds. The number of hydrogen-bond donors (Lipinski definition) is 4. The Labute approximate surface area is 124 Å². The number of amides is 3. The van der Waals surface area contributed by atoms with Crippen LogP contribution in [-0.2, 0) is 9.59 Å². The van der Waals surface area contributed by atoms with E-state index in [1.165, 1.54) is 18.2 Å². The molecule has 0 aromatic heterocycles. The summed E-state index contributed by atoms with van der Waals surface area (Å²) >= 11 is 5.55. The fraction of sp³-hybridized carbons (Fsp3) is 0.250. The van der Waals surface area contributed by atoms with Crippen LogP contribution >= 0.6 is 11.6 Å². The van der Waals surface area contributed by atoms with E-state index in [1.807, 2.05) is 0 Å². The fourth-order valence-electron chi connectivity index (χ4n) is 1.46. The maximum Gasteiger partial charge on any atom is 0.326 e. The van der Waals surface area contributed by atoms with Gasteiger partial charge in [-0.25, -0.2) is 14.0 Å². The molecule has 0 saturated carbocycles. The summed E-state index contributed by atoms with van der Waals surface area (Å²) in [5, 5.41) is 13.0. The van der Waals surface area contributed by atoms with Crippen molar-refractivity contribution < 1.29 is 23.9 Å². The maximum absolute atomic E-state index is 13.6. The summed E-state index contributed by atoms with van der Waals surface area (Å²) in [4.78, 5) is 33.2. The molecule has 0 heterocycles. The Morgan fingerprint density at radius 2 is 2.05 bits per heavy atom. The number of carboxylic acid groups (broad SMARTS) is 1. The van der Waals surface area contributed by atoms with Gasteiger partial charge >= 0.3 is 12.0 Å². The molecule has 21 heavy (non-hydrogen) atoms. The van der Waals surface area contributed by atoms with Gasteiger partial charge in [-0.3, -0.25) is 4.79 Å². The number of primary amides is 1. The normalized spacial score (nSPS) is 11.5. The standard InChI is InChI=1S/C12H13ClFN3O4/c13-6-2-1-3-7(10(6)14)16-12(21)17-8(11(19)20)4-5-9(15)18/h1-3,8H,4-5H2,(H2,15,18)(H,19,20)(H2,16,17,21)/t8-/m1/s1. The number of benzene rings is 1. The summed E-state index contributed by atoms with van der Waals surface area (Å²) in [6, 6.07) is 1.73. The number of anilines is 1. The minimum absolute atomic E-state index is 0.171. The summed E-state index contributed by atoms with van der Waals surface area (Å²) < 4.78 is 13.6. The van der Waals surface area contributed by atoms with Crippen LogP contribution in [0.2, 0.25) is 5.02 Å². The first-order valence-corrected chi connectivity index (χ1v) is 6.21. The third kappa shape index (κ3) is 5.27. The Balaban J connectivity index is 2.67. The van der Waals surface area contributed by atoms with Gasteiger partial charge in [0, 0.05) is 6.42 Å². The van der Waals surface area contributed by atoms with Crippen LogP contribution in [0.5, 0.6) is 0 Å². The second-order valence-electron chi connectivity index (χ2n) is 4.10. The van der Waals surface area contributed by atoms with Crippen molar-refractivity contribution in [3.05, 3.63) is 29.0 Å². The lowest BCUT2D eigenvalue weighted by atomic mass is 10.1. The molecule has 1 aromatic rings. The molecule has 0 aliphatic rings. The van der Waals surface area contributed by atoms with E-state index in [0.29, 0.717) is 0 Å². The zero-order valence-electron chi connectivity index (χ0n) is 10.7. The number of carbonyl (C=O) groups excluding carboxylic acids is 2. The van der Waals surface area contributed by atoms with Crippen LogP contribution in [0.1, 0.15) is 12.8 Å². The van der Waals surface area contributed by atoms with Gasteiger partial charge in [-0.2, -0.15) is 0 Å². The smallest absolute Gasteiger partial charge is 0.326 e. The van der Waals surface area contributed by atoms with Crippen LogP contribution in [0.3, 0.4) is 0 Å². The molecular weight excluding hydrogens is 305 g/mol. The van der Waals surface area contributed by atoms with Gasteiger partial charge in [-0.05, 0) is 18.6 Å². The summed E-state index contributed by atoms with van der Waals surface area (Å²) in [5.41, 5.74) is 4.71. The van der Waals surface area contributed by atoms with Gasteiger partial charge < -0.3 is 21.5 Å². The lowest BCUT2D eigenvalue weighted by Gasteiger charge is -2.14. The number of nitrogens with two attached hydrogens (primary N) is 1. The van der Waals surface area contributed by atoms with E-state index in [0.717, 1.165) is 0 Å². The Hall–Kier alpha value is -2.35. The summed E-state index contributed by atoms with van der Waals surface area (Å²) in [5.74, 6) is -2.86. The number of nitrogens with one attached hydrogen (secondary N) is 2. The number of carbonyl (C=O) groups is 3. The lowest BCUT2D eigenvalue weighted by Crippen LogP contribution is -2.43. The van der Waals surface area contributed by atoms with Gasteiger partial charge in [-0.1, -0.05) is 17.7 Å². The van der Waals surface area contributed by atoms with Gasteiger partial charge in [0.1, 0.15) is 6.04 Å². The van der Waals surface area contributed by atoms with Gasteiger partial charge in [0.15, 0.2) is 5.82 Å². The van der Waals surface area contributed by atoms with Crippen molar-refractivity contribution in [1.29, 1.82) is 0 Å². The van der Waals surface area contributed by atoms with Crippen LogP contribution in [0, 0.1) is 5.82 Å². The fourth-order valence-corrected chi connectivity index (χ4v) is 1.64. The molecule has 0 saturated heterocycles. The molecule has 1 aromatic carbocycles. The maximum atomic E-state index is 13.6. The van der Waals surface area contributed by atoms with Gasteiger partial charge in [0.05, 0.1) is 10.7 Å². The summed E-state index contributed by atoms with van der Waals surface area (Å²) in [7, 11) is 0. The van der Waals surface area contributed by atoms with Crippen molar-refractivity contribution in [3.8, 4) is 0 Å². The Morgan fingerprint density at radius 3 is 2.62 bits per heavy atom. The lowest BCUT2D eigenvalue weighted by molar-refractivity contribution is -0.139. The molecule has 0 unspecified atom stereocenters. The first-order valence-electron chi connectivity index (χ1n) is 5.84. The third-order valence-corrected chi connectivity index (χ3v) is 2.77. The van der Waals surface area contributed by atoms with E-state index in [1.54, 1.807) is 0 Å². The van der Waals surface area contributed by atoms with E-state index in [9.17, 15) is 18.8 Å². The average Bonchev–Trinajstić information content (AvgIpc) is 2.39. The third-order valence-electron chi connectivity index (χ3n) is 2.48. The Bertz CT molecular complexity index is 567.